The second-order valence-electron chi connectivity index (χ2n) is 5.65. The molecule has 0 aliphatic heterocycles. The van der Waals surface area contributed by atoms with Crippen molar-refractivity contribution in [3.63, 3.8) is 0 Å². The minimum atomic E-state index is -0.469. The van der Waals surface area contributed by atoms with Crippen molar-refractivity contribution in [3.8, 4) is 0 Å². The van der Waals surface area contributed by atoms with E-state index < -0.39 is 11.7 Å². The van der Waals surface area contributed by atoms with Crippen LogP contribution in [0.3, 0.4) is 0 Å². The highest BCUT2D eigenvalue weighted by Gasteiger charge is 2.14. The summed E-state index contributed by atoms with van der Waals surface area (Å²) in [5.41, 5.74) is 1.21. The molecule has 126 valence electrons. The Morgan fingerprint density at radius 2 is 1.79 bits per heavy atom. The molecule has 0 saturated heterocycles. The summed E-state index contributed by atoms with van der Waals surface area (Å²) >= 11 is 0. The number of aliphatic imine (C=N–C) groups is 1. The SMILES string of the molecule is CC(C)OC(=N[C@H](C)c1ccccc1)NC(=O)c1cccc(F)c1. The van der Waals surface area contributed by atoms with Gasteiger partial charge in [0.15, 0.2) is 0 Å². The van der Waals surface area contributed by atoms with Gasteiger partial charge in [-0.2, -0.15) is 0 Å². The lowest BCUT2D eigenvalue weighted by Crippen LogP contribution is -2.34. The van der Waals surface area contributed by atoms with Gasteiger partial charge in [-0.15, -0.1) is 0 Å². The highest BCUT2D eigenvalue weighted by Crippen LogP contribution is 2.16. The van der Waals surface area contributed by atoms with E-state index in [1.165, 1.54) is 24.3 Å². The fourth-order valence-corrected chi connectivity index (χ4v) is 2.10. The molecule has 2 rings (SSSR count). The Hall–Kier alpha value is -2.69. The van der Waals surface area contributed by atoms with Gasteiger partial charge < -0.3 is 4.74 Å². The van der Waals surface area contributed by atoms with Gasteiger partial charge in [0, 0.05) is 5.56 Å². The maximum absolute atomic E-state index is 13.3. The molecule has 4 nitrogen and oxygen atoms in total. The number of hydrogen-bond acceptors (Lipinski definition) is 3. The Balaban J connectivity index is 2.18. The van der Waals surface area contributed by atoms with Crippen LogP contribution < -0.4 is 5.32 Å². The van der Waals surface area contributed by atoms with Crippen LogP contribution in [0.4, 0.5) is 4.39 Å². The maximum Gasteiger partial charge on any atom is 0.292 e. The molecule has 0 aliphatic carbocycles. The number of halogens is 1. The predicted octanol–water partition coefficient (Wildman–Crippen LogP) is 4.10. The van der Waals surface area contributed by atoms with E-state index in [0.29, 0.717) is 0 Å². The van der Waals surface area contributed by atoms with Crippen molar-refractivity contribution in [2.24, 2.45) is 4.99 Å². The van der Waals surface area contributed by atoms with Gasteiger partial charge in [0.1, 0.15) is 5.82 Å². The average molecular weight is 328 g/mol. The van der Waals surface area contributed by atoms with Crippen LogP contribution in [0.2, 0.25) is 0 Å². The lowest BCUT2D eigenvalue weighted by molar-refractivity contribution is 0.0959. The van der Waals surface area contributed by atoms with Crippen molar-refractivity contribution in [1.29, 1.82) is 0 Å². The Bertz CT molecular complexity index is 714. The first-order valence-corrected chi connectivity index (χ1v) is 7.82. The minimum absolute atomic E-state index is 0.121. The largest absolute Gasteiger partial charge is 0.462 e. The third-order valence-corrected chi connectivity index (χ3v) is 3.25. The Labute approximate surface area is 141 Å². The van der Waals surface area contributed by atoms with E-state index in [1.807, 2.05) is 51.1 Å². The molecule has 0 spiro atoms. The molecule has 24 heavy (non-hydrogen) atoms. The topological polar surface area (TPSA) is 50.7 Å². The van der Waals surface area contributed by atoms with Crippen LogP contribution in [-0.2, 0) is 4.74 Å². The molecule has 0 heterocycles. The summed E-state index contributed by atoms with van der Waals surface area (Å²) in [6, 6.07) is 15.1. The minimum Gasteiger partial charge on any atom is -0.462 e. The molecule has 5 heteroatoms. The lowest BCUT2D eigenvalue weighted by Gasteiger charge is -2.16. The highest BCUT2D eigenvalue weighted by molar-refractivity contribution is 6.04. The van der Waals surface area contributed by atoms with Crippen molar-refractivity contribution < 1.29 is 13.9 Å². The van der Waals surface area contributed by atoms with Gasteiger partial charge in [-0.1, -0.05) is 36.4 Å². The van der Waals surface area contributed by atoms with E-state index in [4.69, 9.17) is 4.74 Å². The summed E-state index contributed by atoms with van der Waals surface area (Å²) in [6.07, 6.45) is -0.153. The molecule has 0 bridgehead atoms. The van der Waals surface area contributed by atoms with Crippen molar-refractivity contribution in [3.05, 3.63) is 71.5 Å². The number of nitrogens with zero attached hydrogens (tertiary/aromatic N) is 1. The second-order valence-corrected chi connectivity index (χ2v) is 5.65. The van der Waals surface area contributed by atoms with Crippen molar-refractivity contribution in [2.45, 2.75) is 32.9 Å². The van der Waals surface area contributed by atoms with E-state index in [1.54, 1.807) is 0 Å². The molecule has 1 N–H and O–H groups in total. The predicted molar refractivity (Wildman–Crippen MR) is 92.4 cm³/mol. The molecule has 0 aromatic heterocycles. The Morgan fingerprint density at radius 1 is 1.08 bits per heavy atom. The highest BCUT2D eigenvalue weighted by atomic mass is 19.1. The normalized spacial score (nSPS) is 12.8. The molecule has 2 aromatic carbocycles. The summed E-state index contributed by atoms with van der Waals surface area (Å²) in [4.78, 5) is 16.7. The van der Waals surface area contributed by atoms with Gasteiger partial charge in [0.05, 0.1) is 12.1 Å². The van der Waals surface area contributed by atoms with E-state index in [2.05, 4.69) is 10.3 Å². The fraction of sp³-hybridized carbons (Fsp3) is 0.263. The van der Waals surface area contributed by atoms with Crippen LogP contribution in [0.15, 0.2) is 59.6 Å². The zero-order valence-corrected chi connectivity index (χ0v) is 14.0. The number of amidine groups is 1. The molecular formula is C19H21FN2O2. The van der Waals surface area contributed by atoms with Crippen molar-refractivity contribution >= 4 is 11.9 Å². The number of carbonyl (C=O) groups is 1. The number of nitrogens with one attached hydrogen (secondary N) is 1. The quantitative estimate of drug-likeness (QED) is 0.678. The number of carbonyl (C=O) groups excluding carboxylic acids is 1. The van der Waals surface area contributed by atoms with E-state index in [-0.39, 0.29) is 23.7 Å². The molecule has 0 unspecified atom stereocenters. The monoisotopic (exact) mass is 328 g/mol. The molecule has 0 radical (unpaired) electrons. The van der Waals surface area contributed by atoms with Gasteiger partial charge >= 0.3 is 0 Å². The molecule has 0 aliphatic rings. The summed E-state index contributed by atoms with van der Waals surface area (Å²) in [6.45, 7) is 5.60. The van der Waals surface area contributed by atoms with E-state index >= 15 is 0 Å². The summed E-state index contributed by atoms with van der Waals surface area (Å²) in [5.74, 6) is -0.933. The molecule has 2 aromatic rings. The smallest absolute Gasteiger partial charge is 0.292 e. The number of hydrogen-bond donors (Lipinski definition) is 1. The zero-order valence-electron chi connectivity index (χ0n) is 14.0. The van der Waals surface area contributed by atoms with Crippen LogP contribution in [-0.4, -0.2) is 18.0 Å². The van der Waals surface area contributed by atoms with Crippen LogP contribution in [0.5, 0.6) is 0 Å². The molecule has 0 saturated carbocycles. The zero-order chi connectivity index (χ0) is 17.5. The van der Waals surface area contributed by atoms with Crippen LogP contribution in [0, 0.1) is 5.82 Å². The third-order valence-electron chi connectivity index (χ3n) is 3.25. The maximum atomic E-state index is 13.3. The standard InChI is InChI=1S/C19H21FN2O2/c1-13(2)24-19(21-14(3)15-8-5-4-6-9-15)22-18(23)16-10-7-11-17(20)12-16/h4-14H,1-3H3,(H,21,22,23)/t14-/m1/s1. The van der Waals surface area contributed by atoms with Gasteiger partial charge in [-0.3, -0.25) is 10.1 Å². The van der Waals surface area contributed by atoms with E-state index in [0.717, 1.165) is 5.56 Å². The first-order chi connectivity index (χ1) is 11.5. The second kappa shape index (κ2) is 8.24. The van der Waals surface area contributed by atoms with Crippen LogP contribution in [0.25, 0.3) is 0 Å². The molecule has 1 atom stereocenters. The molecule has 1 amide bonds. The van der Waals surface area contributed by atoms with Crippen LogP contribution in [0.1, 0.15) is 42.7 Å². The summed E-state index contributed by atoms with van der Waals surface area (Å²) in [7, 11) is 0. The number of rotatable bonds is 4. The van der Waals surface area contributed by atoms with Crippen molar-refractivity contribution in [2.75, 3.05) is 0 Å². The third kappa shape index (κ3) is 5.19. The first kappa shape index (κ1) is 17.7. The van der Waals surface area contributed by atoms with Crippen molar-refractivity contribution in [1.82, 2.24) is 5.32 Å². The first-order valence-electron chi connectivity index (χ1n) is 7.82. The van der Waals surface area contributed by atoms with Gasteiger partial charge in [-0.25, -0.2) is 9.38 Å². The summed E-state index contributed by atoms with van der Waals surface area (Å²) < 4.78 is 18.9. The summed E-state index contributed by atoms with van der Waals surface area (Å²) in [5, 5.41) is 2.61. The van der Waals surface area contributed by atoms with Gasteiger partial charge in [0.2, 0.25) is 0 Å². The van der Waals surface area contributed by atoms with Gasteiger partial charge in [-0.05, 0) is 44.5 Å². The van der Waals surface area contributed by atoms with E-state index in [9.17, 15) is 9.18 Å². The number of benzene rings is 2. The number of amides is 1. The van der Waals surface area contributed by atoms with Crippen LogP contribution >= 0.6 is 0 Å². The lowest BCUT2D eigenvalue weighted by atomic mass is 10.1. The Morgan fingerprint density at radius 3 is 2.42 bits per heavy atom. The molecule has 0 fully saturated rings. The Kier molecular flexibility index (Phi) is 6.07. The fourth-order valence-electron chi connectivity index (χ4n) is 2.10. The molecular weight excluding hydrogens is 307 g/mol. The van der Waals surface area contributed by atoms with Gasteiger partial charge in [0.25, 0.3) is 11.9 Å². The average Bonchev–Trinajstić information content (AvgIpc) is 2.55. The number of ether oxygens (including phenoxy) is 1.